The lowest BCUT2D eigenvalue weighted by atomic mass is 10.0. The first-order valence-corrected chi connectivity index (χ1v) is 5.34. The molecule has 1 heterocycles. The van der Waals surface area contributed by atoms with E-state index in [2.05, 4.69) is 10.1 Å². The molecule has 1 aliphatic carbocycles. The lowest BCUT2D eigenvalue weighted by Crippen LogP contribution is -2.19. The highest BCUT2D eigenvalue weighted by molar-refractivity contribution is 6.20. The quantitative estimate of drug-likeness (QED) is 0.763. The molecule has 0 radical (unpaired) electrons. The number of alkyl halides is 1. The zero-order chi connectivity index (χ0) is 11.5. The normalized spacial score (nSPS) is 21.2. The monoisotopic (exact) mass is 243 g/mol. The minimum Gasteiger partial charge on any atom is -0.374 e. The minimum absolute atomic E-state index is 0.0807. The van der Waals surface area contributed by atoms with Crippen molar-refractivity contribution in [1.82, 2.24) is 14.8 Å². The SMILES string of the molecule is COC1CC=C(n2cncn2)C(CCl)=C1F. The van der Waals surface area contributed by atoms with Crippen molar-refractivity contribution in [2.24, 2.45) is 0 Å². The van der Waals surface area contributed by atoms with Crippen LogP contribution in [0.1, 0.15) is 6.42 Å². The van der Waals surface area contributed by atoms with Crippen LogP contribution in [-0.2, 0) is 4.74 Å². The molecule has 1 atom stereocenters. The van der Waals surface area contributed by atoms with Crippen molar-refractivity contribution in [3.8, 4) is 0 Å². The van der Waals surface area contributed by atoms with Crippen molar-refractivity contribution >= 4 is 17.3 Å². The van der Waals surface area contributed by atoms with Crippen molar-refractivity contribution in [3.63, 3.8) is 0 Å². The second-order valence-electron chi connectivity index (χ2n) is 3.35. The molecular formula is C10H11ClFN3O. The number of hydrogen-bond donors (Lipinski definition) is 0. The number of halogens is 2. The summed E-state index contributed by atoms with van der Waals surface area (Å²) in [6.07, 6.45) is 4.69. The molecule has 1 aromatic rings. The molecule has 0 amide bonds. The summed E-state index contributed by atoms with van der Waals surface area (Å²) in [7, 11) is 1.48. The maximum absolute atomic E-state index is 13.9. The maximum Gasteiger partial charge on any atom is 0.138 e. The Bertz CT molecular complexity index is 427. The highest BCUT2D eigenvalue weighted by atomic mass is 35.5. The summed E-state index contributed by atoms with van der Waals surface area (Å²) in [5.74, 6) is -0.247. The number of nitrogens with zero attached hydrogens (tertiary/aromatic N) is 3. The summed E-state index contributed by atoms with van der Waals surface area (Å²) in [5.41, 5.74) is 1.04. The topological polar surface area (TPSA) is 39.9 Å². The molecule has 6 heteroatoms. The number of allylic oxidation sites excluding steroid dienone is 2. The van der Waals surface area contributed by atoms with Crippen LogP contribution < -0.4 is 0 Å². The molecule has 0 saturated carbocycles. The molecule has 0 bridgehead atoms. The van der Waals surface area contributed by atoms with E-state index in [1.807, 2.05) is 6.08 Å². The van der Waals surface area contributed by atoms with Crippen LogP contribution >= 0.6 is 11.6 Å². The fourth-order valence-electron chi connectivity index (χ4n) is 1.66. The highest BCUT2D eigenvalue weighted by Gasteiger charge is 2.25. The third kappa shape index (κ3) is 1.88. The number of hydrogen-bond acceptors (Lipinski definition) is 3. The van der Waals surface area contributed by atoms with Crippen LogP contribution in [0, 0.1) is 0 Å². The Morgan fingerprint density at radius 2 is 2.50 bits per heavy atom. The molecule has 0 N–H and O–H groups in total. The Morgan fingerprint density at radius 3 is 3.06 bits per heavy atom. The molecule has 2 rings (SSSR count). The zero-order valence-electron chi connectivity index (χ0n) is 8.73. The lowest BCUT2D eigenvalue weighted by Gasteiger charge is -2.21. The summed E-state index contributed by atoms with van der Waals surface area (Å²) in [4.78, 5) is 3.82. The van der Waals surface area contributed by atoms with Crippen LogP contribution in [0.3, 0.4) is 0 Å². The summed E-state index contributed by atoms with van der Waals surface area (Å²) < 4.78 is 20.4. The number of ether oxygens (including phenoxy) is 1. The molecule has 1 aliphatic rings. The molecule has 0 fully saturated rings. The van der Waals surface area contributed by atoms with Crippen LogP contribution in [0.5, 0.6) is 0 Å². The van der Waals surface area contributed by atoms with Crippen LogP contribution in [0.15, 0.2) is 30.1 Å². The Morgan fingerprint density at radius 1 is 1.69 bits per heavy atom. The van der Waals surface area contributed by atoms with Crippen molar-refractivity contribution in [1.29, 1.82) is 0 Å². The zero-order valence-corrected chi connectivity index (χ0v) is 9.49. The van der Waals surface area contributed by atoms with E-state index in [0.29, 0.717) is 17.7 Å². The molecule has 16 heavy (non-hydrogen) atoms. The van der Waals surface area contributed by atoms with Gasteiger partial charge in [0.05, 0.1) is 11.6 Å². The van der Waals surface area contributed by atoms with Gasteiger partial charge in [-0.2, -0.15) is 5.10 Å². The summed E-state index contributed by atoms with van der Waals surface area (Å²) in [6, 6.07) is 0. The molecule has 0 aromatic carbocycles. The fourth-order valence-corrected chi connectivity index (χ4v) is 1.92. The van der Waals surface area contributed by atoms with Crippen LogP contribution in [0.4, 0.5) is 4.39 Å². The van der Waals surface area contributed by atoms with Crippen molar-refractivity contribution in [2.75, 3.05) is 13.0 Å². The van der Waals surface area contributed by atoms with Gasteiger partial charge >= 0.3 is 0 Å². The predicted octanol–water partition coefficient (Wildman–Crippen LogP) is 2.00. The van der Waals surface area contributed by atoms with Gasteiger partial charge in [-0.1, -0.05) is 6.08 Å². The number of aromatic nitrogens is 3. The van der Waals surface area contributed by atoms with Crippen LogP contribution in [0.2, 0.25) is 0 Å². The average molecular weight is 244 g/mol. The molecule has 1 unspecified atom stereocenters. The molecule has 4 nitrogen and oxygen atoms in total. The van der Waals surface area contributed by atoms with Gasteiger partial charge in [-0.15, -0.1) is 11.6 Å². The van der Waals surface area contributed by atoms with E-state index in [1.54, 1.807) is 0 Å². The van der Waals surface area contributed by atoms with Gasteiger partial charge < -0.3 is 4.74 Å². The molecule has 0 aliphatic heterocycles. The predicted molar refractivity (Wildman–Crippen MR) is 58.6 cm³/mol. The van der Waals surface area contributed by atoms with Crippen LogP contribution in [0.25, 0.3) is 5.70 Å². The summed E-state index contributed by atoms with van der Waals surface area (Å²) in [5, 5.41) is 3.96. The van der Waals surface area contributed by atoms with E-state index in [1.165, 1.54) is 24.4 Å². The molecule has 0 spiro atoms. The van der Waals surface area contributed by atoms with Gasteiger partial charge in [0.15, 0.2) is 0 Å². The van der Waals surface area contributed by atoms with Crippen molar-refractivity contribution < 1.29 is 9.13 Å². The second-order valence-corrected chi connectivity index (χ2v) is 3.62. The standard InChI is InChI=1S/C10H11ClFN3O/c1-16-9-3-2-8(7(4-11)10(9)12)15-6-13-5-14-15/h2,5-6,9H,3-4H2,1H3. The molecule has 1 aromatic heterocycles. The van der Waals surface area contributed by atoms with Gasteiger partial charge in [0.1, 0.15) is 24.6 Å². The summed E-state index contributed by atoms with van der Waals surface area (Å²) in [6.45, 7) is 0. The second kappa shape index (κ2) is 4.76. The van der Waals surface area contributed by atoms with Gasteiger partial charge in [0.25, 0.3) is 0 Å². The molecule has 86 valence electrons. The van der Waals surface area contributed by atoms with Gasteiger partial charge in [-0.25, -0.2) is 14.1 Å². The third-order valence-electron chi connectivity index (χ3n) is 2.49. The van der Waals surface area contributed by atoms with Gasteiger partial charge in [-0.05, 0) is 0 Å². The Kier molecular flexibility index (Phi) is 3.36. The first-order valence-electron chi connectivity index (χ1n) is 4.80. The van der Waals surface area contributed by atoms with Crippen LogP contribution in [-0.4, -0.2) is 33.9 Å². The third-order valence-corrected chi connectivity index (χ3v) is 2.76. The molecule has 0 saturated heterocycles. The number of methoxy groups -OCH3 is 1. The molecular weight excluding hydrogens is 233 g/mol. The smallest absolute Gasteiger partial charge is 0.138 e. The largest absolute Gasteiger partial charge is 0.374 e. The van der Waals surface area contributed by atoms with Crippen molar-refractivity contribution in [2.45, 2.75) is 12.5 Å². The van der Waals surface area contributed by atoms with Gasteiger partial charge in [0, 0.05) is 19.1 Å². The summed E-state index contributed by atoms with van der Waals surface area (Å²) >= 11 is 5.75. The Labute approximate surface area is 97.4 Å². The average Bonchev–Trinajstić information content (AvgIpc) is 2.82. The van der Waals surface area contributed by atoms with E-state index in [0.717, 1.165) is 0 Å². The van der Waals surface area contributed by atoms with E-state index in [9.17, 15) is 4.39 Å². The van der Waals surface area contributed by atoms with E-state index < -0.39 is 6.10 Å². The number of rotatable bonds is 3. The first-order chi connectivity index (χ1) is 7.77. The maximum atomic E-state index is 13.9. The van der Waals surface area contributed by atoms with Gasteiger partial charge in [-0.3, -0.25) is 0 Å². The van der Waals surface area contributed by atoms with E-state index in [-0.39, 0.29) is 11.7 Å². The Balaban J connectivity index is 2.38. The first kappa shape index (κ1) is 11.3. The Hall–Kier alpha value is -1.20. The van der Waals surface area contributed by atoms with Crippen molar-refractivity contribution in [3.05, 3.63) is 30.1 Å². The fraction of sp³-hybridized carbons (Fsp3) is 0.400. The highest BCUT2D eigenvalue weighted by Crippen LogP contribution is 2.31. The van der Waals surface area contributed by atoms with E-state index in [4.69, 9.17) is 16.3 Å². The van der Waals surface area contributed by atoms with Gasteiger partial charge in [0.2, 0.25) is 0 Å². The minimum atomic E-state index is -0.541. The lowest BCUT2D eigenvalue weighted by molar-refractivity contribution is 0.112. The van der Waals surface area contributed by atoms with E-state index >= 15 is 0 Å².